The molecule has 5 nitrogen and oxygen atoms in total. The third-order valence-electron chi connectivity index (χ3n) is 5.32. The summed E-state index contributed by atoms with van der Waals surface area (Å²) in [6.45, 7) is 0.472. The summed E-state index contributed by atoms with van der Waals surface area (Å²) in [5.41, 5.74) is -0.342. The zero-order valence-corrected chi connectivity index (χ0v) is 13.6. The minimum Gasteiger partial charge on any atom is -0.481 e. The molecule has 1 saturated heterocycles. The molecule has 0 aromatic heterocycles. The number of carbonyl (C=O) groups excluding carboxylic acids is 1. The van der Waals surface area contributed by atoms with Crippen molar-refractivity contribution in [3.63, 3.8) is 0 Å². The number of aliphatic carboxylic acids is 1. The molecule has 0 spiro atoms. The van der Waals surface area contributed by atoms with Crippen molar-refractivity contribution >= 4 is 11.9 Å². The minimum atomic E-state index is -1.23. The van der Waals surface area contributed by atoms with E-state index in [0.717, 1.165) is 18.4 Å². The number of benzene rings is 1. The smallest absolute Gasteiger partial charge is 0.312 e. The summed E-state index contributed by atoms with van der Waals surface area (Å²) in [6.07, 6.45) is 4.95. The van der Waals surface area contributed by atoms with Gasteiger partial charge < -0.3 is 15.1 Å². The van der Waals surface area contributed by atoms with Crippen LogP contribution in [-0.2, 0) is 16.0 Å². The van der Waals surface area contributed by atoms with Crippen molar-refractivity contribution in [2.45, 2.75) is 31.8 Å². The van der Waals surface area contributed by atoms with Crippen LogP contribution >= 0.6 is 0 Å². The van der Waals surface area contributed by atoms with Gasteiger partial charge in [-0.05, 0) is 31.2 Å². The fourth-order valence-electron chi connectivity index (χ4n) is 3.74. The molecule has 128 valence electrons. The molecule has 0 unspecified atom stereocenters. The van der Waals surface area contributed by atoms with Crippen molar-refractivity contribution in [1.82, 2.24) is 4.90 Å². The number of hydrogen-bond acceptors (Lipinski definition) is 3. The molecule has 1 aromatic rings. The quantitative estimate of drug-likeness (QED) is 0.827. The van der Waals surface area contributed by atoms with E-state index in [1.807, 2.05) is 42.5 Å². The summed E-state index contributed by atoms with van der Waals surface area (Å²) in [5, 5.41) is 20.4. The number of nitrogens with zero attached hydrogens (tertiary/aromatic N) is 1. The number of β-amino-alcohol motifs (C(OH)–C–C–N with tert-alkyl or cyclic N) is 1. The summed E-state index contributed by atoms with van der Waals surface area (Å²) in [4.78, 5) is 26.1. The molecule has 5 heteroatoms. The highest BCUT2D eigenvalue weighted by atomic mass is 16.4. The molecular weight excluding hydrogens is 306 g/mol. The van der Waals surface area contributed by atoms with Gasteiger partial charge in [0.1, 0.15) is 5.41 Å². The van der Waals surface area contributed by atoms with Gasteiger partial charge in [0.25, 0.3) is 0 Å². The Morgan fingerprint density at radius 3 is 2.42 bits per heavy atom. The van der Waals surface area contributed by atoms with E-state index in [1.54, 1.807) is 4.90 Å². The number of allylic oxidation sites excluding steroid dienone is 2. The van der Waals surface area contributed by atoms with E-state index in [-0.39, 0.29) is 31.2 Å². The molecule has 1 aliphatic carbocycles. The molecule has 2 atom stereocenters. The lowest BCUT2D eigenvalue weighted by Crippen LogP contribution is -2.57. The van der Waals surface area contributed by atoms with Crippen LogP contribution in [0.4, 0.5) is 0 Å². The number of carboxylic acids is 1. The van der Waals surface area contributed by atoms with Gasteiger partial charge in [0.05, 0.1) is 6.10 Å². The lowest BCUT2D eigenvalue weighted by molar-refractivity contribution is -0.166. The van der Waals surface area contributed by atoms with Crippen molar-refractivity contribution in [1.29, 1.82) is 0 Å². The summed E-state index contributed by atoms with van der Waals surface area (Å²) in [6, 6.07) is 9.36. The molecule has 0 saturated carbocycles. The maximum absolute atomic E-state index is 12.5. The van der Waals surface area contributed by atoms with Crippen LogP contribution in [0.15, 0.2) is 42.5 Å². The van der Waals surface area contributed by atoms with Crippen LogP contribution in [0, 0.1) is 11.3 Å². The molecule has 1 aliphatic heterocycles. The maximum atomic E-state index is 12.5. The van der Waals surface area contributed by atoms with E-state index < -0.39 is 17.5 Å². The first-order valence-corrected chi connectivity index (χ1v) is 8.42. The van der Waals surface area contributed by atoms with E-state index in [4.69, 9.17) is 0 Å². The van der Waals surface area contributed by atoms with Crippen LogP contribution in [0.2, 0.25) is 0 Å². The average molecular weight is 329 g/mol. The first-order valence-electron chi connectivity index (χ1n) is 8.42. The number of amides is 1. The largest absolute Gasteiger partial charge is 0.481 e. The molecule has 1 amide bonds. The number of hydrogen-bond donors (Lipinski definition) is 2. The Labute approximate surface area is 141 Å². The van der Waals surface area contributed by atoms with Gasteiger partial charge in [-0.3, -0.25) is 9.59 Å². The van der Waals surface area contributed by atoms with Crippen molar-refractivity contribution in [3.8, 4) is 0 Å². The predicted molar refractivity (Wildman–Crippen MR) is 89.3 cm³/mol. The summed E-state index contributed by atoms with van der Waals surface area (Å²) in [7, 11) is 0. The number of aliphatic hydroxyl groups is 1. The average Bonchev–Trinajstić information content (AvgIpc) is 3.11. The highest BCUT2D eigenvalue weighted by Crippen LogP contribution is 2.37. The fourth-order valence-corrected chi connectivity index (χ4v) is 3.74. The molecule has 2 N–H and O–H groups in total. The molecule has 3 rings (SSSR count). The zero-order chi connectivity index (χ0) is 17.2. The number of carboxylic acid groups (broad SMARTS) is 1. The number of aliphatic hydroxyl groups excluding tert-OH is 1. The number of piperidine rings is 1. The van der Waals surface area contributed by atoms with Crippen LogP contribution in [0.3, 0.4) is 0 Å². The Morgan fingerprint density at radius 2 is 1.83 bits per heavy atom. The maximum Gasteiger partial charge on any atom is 0.312 e. The van der Waals surface area contributed by atoms with Gasteiger partial charge in [0, 0.05) is 19.0 Å². The Hall–Kier alpha value is -2.14. The van der Waals surface area contributed by atoms with Crippen molar-refractivity contribution in [2.75, 3.05) is 13.1 Å². The van der Waals surface area contributed by atoms with Gasteiger partial charge in [-0.1, -0.05) is 42.5 Å². The summed E-state index contributed by atoms with van der Waals surface area (Å²) >= 11 is 0. The zero-order valence-electron chi connectivity index (χ0n) is 13.6. The Bertz CT molecular complexity index is 634. The first-order chi connectivity index (χ1) is 11.5. The highest BCUT2D eigenvalue weighted by molar-refractivity contribution is 5.81. The molecule has 0 radical (unpaired) electrons. The molecular formula is C19H23NO4. The third kappa shape index (κ3) is 3.08. The Morgan fingerprint density at radius 1 is 1.17 bits per heavy atom. The molecule has 1 heterocycles. The van der Waals surface area contributed by atoms with E-state index in [0.29, 0.717) is 6.54 Å². The van der Waals surface area contributed by atoms with E-state index in [9.17, 15) is 19.8 Å². The van der Waals surface area contributed by atoms with Gasteiger partial charge in [-0.15, -0.1) is 0 Å². The Kier molecular flexibility index (Phi) is 4.71. The van der Waals surface area contributed by atoms with Gasteiger partial charge in [-0.2, -0.15) is 0 Å². The summed E-state index contributed by atoms with van der Waals surface area (Å²) < 4.78 is 0. The monoisotopic (exact) mass is 329 g/mol. The van der Waals surface area contributed by atoms with Crippen LogP contribution in [0.5, 0.6) is 0 Å². The van der Waals surface area contributed by atoms with Crippen molar-refractivity contribution in [3.05, 3.63) is 48.0 Å². The van der Waals surface area contributed by atoms with Crippen LogP contribution in [-0.4, -0.2) is 46.2 Å². The molecule has 0 bridgehead atoms. The SMILES string of the molecule is O=C(C1CC=CC1)N1CC[C@](Cc2ccccc2)(C(=O)O)[C@@H](O)C1. The predicted octanol–water partition coefficient (Wildman–Crippen LogP) is 1.86. The van der Waals surface area contributed by atoms with Crippen LogP contribution < -0.4 is 0 Å². The van der Waals surface area contributed by atoms with Gasteiger partial charge >= 0.3 is 5.97 Å². The molecule has 2 aliphatic rings. The number of likely N-dealkylation sites (tertiary alicyclic amines) is 1. The lowest BCUT2D eigenvalue weighted by Gasteiger charge is -2.43. The topological polar surface area (TPSA) is 77.8 Å². The first kappa shape index (κ1) is 16.7. The second-order valence-corrected chi connectivity index (χ2v) is 6.81. The minimum absolute atomic E-state index is 0.0257. The van der Waals surface area contributed by atoms with Crippen LogP contribution in [0.25, 0.3) is 0 Å². The van der Waals surface area contributed by atoms with Gasteiger partial charge in [0.15, 0.2) is 0 Å². The Balaban J connectivity index is 1.73. The van der Waals surface area contributed by atoms with Crippen molar-refractivity contribution in [2.24, 2.45) is 11.3 Å². The highest BCUT2D eigenvalue weighted by Gasteiger charge is 2.49. The second-order valence-electron chi connectivity index (χ2n) is 6.81. The van der Waals surface area contributed by atoms with Crippen molar-refractivity contribution < 1.29 is 19.8 Å². The third-order valence-corrected chi connectivity index (χ3v) is 5.32. The van der Waals surface area contributed by atoms with Gasteiger partial charge in [-0.25, -0.2) is 0 Å². The number of carbonyl (C=O) groups is 2. The van der Waals surface area contributed by atoms with E-state index in [2.05, 4.69) is 0 Å². The van der Waals surface area contributed by atoms with Crippen LogP contribution in [0.1, 0.15) is 24.8 Å². The molecule has 24 heavy (non-hydrogen) atoms. The second kappa shape index (κ2) is 6.77. The van der Waals surface area contributed by atoms with E-state index >= 15 is 0 Å². The lowest BCUT2D eigenvalue weighted by atomic mass is 9.71. The standard InChI is InChI=1S/C19H23NO4/c21-16-13-20(17(22)15-8-4-5-9-15)11-10-19(16,18(23)24)12-14-6-2-1-3-7-14/h1-7,15-16,21H,8-13H2,(H,23,24)/t16-,19+/m0/s1. The number of rotatable bonds is 4. The molecule has 1 fully saturated rings. The summed E-state index contributed by atoms with van der Waals surface area (Å²) in [5.74, 6) is -1.02. The van der Waals surface area contributed by atoms with E-state index in [1.165, 1.54) is 0 Å². The van der Waals surface area contributed by atoms with Gasteiger partial charge in [0.2, 0.25) is 5.91 Å². The normalized spacial score (nSPS) is 27.4. The fraction of sp³-hybridized carbons (Fsp3) is 0.474. The molecule has 1 aromatic carbocycles.